The maximum Gasteiger partial charge on any atom is 0.445 e. The molecule has 1 saturated heterocycles. The summed E-state index contributed by atoms with van der Waals surface area (Å²) in [5, 5.41) is 0. The molecule has 0 radical (unpaired) electrons. The van der Waals surface area contributed by atoms with Crippen molar-refractivity contribution in [3.05, 3.63) is 0 Å². The molecule has 7 heteroatoms. The summed E-state index contributed by atoms with van der Waals surface area (Å²) < 4.78 is 1.18. The van der Waals surface area contributed by atoms with Crippen LogP contribution in [0.25, 0.3) is 0 Å². The maximum atomic E-state index is 12.8. The summed E-state index contributed by atoms with van der Waals surface area (Å²) in [5.74, 6) is -1.28. The minimum absolute atomic E-state index is 0.0232. The van der Waals surface area contributed by atoms with Gasteiger partial charge in [-0.25, -0.2) is 9.37 Å². The Kier molecular flexibility index (Phi) is 4.65. The van der Waals surface area contributed by atoms with Gasteiger partial charge in [-0.3, -0.25) is 14.5 Å². The number of nitrogens with zero attached hydrogens (tertiary/aromatic N) is 3. The highest BCUT2D eigenvalue weighted by molar-refractivity contribution is 6.23. The van der Waals surface area contributed by atoms with Crippen LogP contribution >= 0.6 is 0 Å². The Hall–Kier alpha value is -1.76. The smallest absolute Gasteiger partial charge is 0.321 e. The number of nitrogens with two attached hydrogens (primary N) is 1. The van der Waals surface area contributed by atoms with E-state index >= 15 is 0 Å². The Labute approximate surface area is 130 Å². The van der Waals surface area contributed by atoms with Crippen molar-refractivity contribution in [3.8, 4) is 0 Å². The van der Waals surface area contributed by atoms with Crippen molar-refractivity contribution in [2.24, 2.45) is 17.6 Å². The lowest BCUT2D eigenvalue weighted by molar-refractivity contribution is -0.407. The summed E-state index contributed by atoms with van der Waals surface area (Å²) >= 11 is 0. The predicted molar refractivity (Wildman–Crippen MR) is 81.5 cm³/mol. The van der Waals surface area contributed by atoms with Crippen molar-refractivity contribution in [2.75, 3.05) is 27.2 Å². The second kappa shape index (κ2) is 6.16. The zero-order chi connectivity index (χ0) is 16.6. The number of urea groups is 1. The van der Waals surface area contributed by atoms with Crippen molar-refractivity contribution in [1.29, 1.82) is 0 Å². The molecule has 3 unspecified atom stereocenters. The number of ketones is 1. The molecule has 0 aromatic carbocycles. The third-order valence-corrected chi connectivity index (χ3v) is 4.77. The van der Waals surface area contributed by atoms with Gasteiger partial charge in [0.05, 0.1) is 20.1 Å². The first-order chi connectivity index (χ1) is 10.3. The lowest BCUT2D eigenvalue weighted by Crippen LogP contribution is -2.60. The Balaban J connectivity index is 2.24. The molecule has 2 N–H and O–H groups in total. The summed E-state index contributed by atoms with van der Waals surface area (Å²) in [5.41, 5.74) is 5.90. The predicted octanol–water partition coefficient (Wildman–Crippen LogP) is -0.116. The highest BCUT2D eigenvalue weighted by Crippen LogP contribution is 2.21. The fourth-order valence-corrected chi connectivity index (χ4v) is 3.21. The zero-order valence-corrected chi connectivity index (χ0v) is 13.7. The van der Waals surface area contributed by atoms with Crippen LogP contribution in [0.2, 0.25) is 0 Å². The van der Waals surface area contributed by atoms with Crippen LogP contribution in [0.5, 0.6) is 0 Å². The Morgan fingerprint density at radius 3 is 2.64 bits per heavy atom. The van der Waals surface area contributed by atoms with E-state index < -0.39 is 17.9 Å². The lowest BCUT2D eigenvalue weighted by atomic mass is 9.91. The van der Waals surface area contributed by atoms with Crippen molar-refractivity contribution < 1.29 is 19.0 Å². The van der Waals surface area contributed by atoms with Gasteiger partial charge < -0.3 is 5.73 Å². The average molecular weight is 309 g/mol. The molecule has 2 aliphatic rings. The monoisotopic (exact) mass is 309 g/mol. The fraction of sp³-hybridized carbons (Fsp3) is 0.733. The molecule has 0 aliphatic carbocycles. The van der Waals surface area contributed by atoms with Crippen LogP contribution in [0.1, 0.15) is 26.7 Å². The summed E-state index contributed by atoms with van der Waals surface area (Å²) in [6, 6.07) is -0.893. The summed E-state index contributed by atoms with van der Waals surface area (Å²) in [6.45, 7) is 5.67. The van der Waals surface area contributed by atoms with E-state index in [1.807, 2.05) is 6.92 Å². The largest absolute Gasteiger partial charge is 0.445 e. The van der Waals surface area contributed by atoms with Crippen LogP contribution in [-0.2, 0) is 9.59 Å². The van der Waals surface area contributed by atoms with E-state index in [1.165, 1.54) is 18.7 Å². The molecule has 2 aliphatic heterocycles. The number of Topliss-reactive ketones (excluding diaryl/α,β-unsaturated/α-hetero) is 1. The second-order valence-corrected chi connectivity index (χ2v) is 6.42. The van der Waals surface area contributed by atoms with E-state index in [-0.39, 0.29) is 17.7 Å². The van der Waals surface area contributed by atoms with Gasteiger partial charge in [-0.1, -0.05) is 6.92 Å². The molecule has 2 rings (SSSR count). The molecular formula is C15H25N4O3+. The minimum Gasteiger partial charge on any atom is -0.321 e. The molecule has 7 nitrogen and oxygen atoms in total. The van der Waals surface area contributed by atoms with Gasteiger partial charge in [0.15, 0.2) is 11.7 Å². The number of rotatable bonds is 3. The summed E-state index contributed by atoms with van der Waals surface area (Å²) in [4.78, 5) is 40.0. The number of carbonyl (C=O) groups is 3. The number of amidine groups is 1. The lowest BCUT2D eigenvalue weighted by Gasteiger charge is -2.36. The third kappa shape index (κ3) is 2.77. The third-order valence-electron chi connectivity index (χ3n) is 4.77. The molecule has 3 atom stereocenters. The molecule has 22 heavy (non-hydrogen) atoms. The van der Waals surface area contributed by atoms with Crippen molar-refractivity contribution in [3.63, 3.8) is 0 Å². The van der Waals surface area contributed by atoms with Gasteiger partial charge in [0, 0.05) is 6.54 Å². The Morgan fingerprint density at radius 2 is 2.05 bits per heavy atom. The number of imide groups is 1. The van der Waals surface area contributed by atoms with Gasteiger partial charge in [-0.05, 0) is 32.2 Å². The first kappa shape index (κ1) is 16.6. The molecule has 122 valence electrons. The highest BCUT2D eigenvalue weighted by atomic mass is 16.2. The number of piperidine rings is 1. The van der Waals surface area contributed by atoms with Gasteiger partial charge in [-0.15, -0.1) is 0 Å². The van der Waals surface area contributed by atoms with E-state index in [4.69, 9.17) is 5.73 Å². The molecule has 0 spiro atoms. The Bertz CT molecular complexity index is 543. The summed E-state index contributed by atoms with van der Waals surface area (Å²) in [6.07, 6.45) is 2.21. The van der Waals surface area contributed by atoms with Gasteiger partial charge in [0.25, 0.3) is 0 Å². The molecule has 0 aromatic heterocycles. The van der Waals surface area contributed by atoms with Crippen LogP contribution in [0.15, 0.2) is 0 Å². The molecular weight excluding hydrogens is 284 g/mol. The van der Waals surface area contributed by atoms with E-state index in [0.29, 0.717) is 5.92 Å². The number of hydrogen-bond donors (Lipinski definition) is 1. The van der Waals surface area contributed by atoms with Crippen LogP contribution in [-0.4, -0.2) is 71.2 Å². The van der Waals surface area contributed by atoms with Crippen LogP contribution in [0, 0.1) is 11.8 Å². The van der Waals surface area contributed by atoms with Gasteiger partial charge in [0.1, 0.15) is 0 Å². The first-order valence-electron chi connectivity index (χ1n) is 7.71. The van der Waals surface area contributed by atoms with Crippen molar-refractivity contribution in [2.45, 2.75) is 32.7 Å². The molecule has 1 fully saturated rings. The number of carbonyl (C=O) groups excluding carboxylic acids is 3. The highest BCUT2D eigenvalue weighted by Gasteiger charge is 2.48. The van der Waals surface area contributed by atoms with Gasteiger partial charge in [-0.2, -0.15) is 4.90 Å². The van der Waals surface area contributed by atoms with Crippen LogP contribution < -0.4 is 5.73 Å². The van der Waals surface area contributed by atoms with Crippen molar-refractivity contribution in [1.82, 2.24) is 9.80 Å². The van der Waals surface area contributed by atoms with Gasteiger partial charge in [0.2, 0.25) is 5.84 Å². The second-order valence-electron chi connectivity index (χ2n) is 6.42. The van der Waals surface area contributed by atoms with E-state index in [1.54, 1.807) is 0 Å². The number of likely N-dealkylation sites (tertiary alicyclic amines) is 1. The van der Waals surface area contributed by atoms with E-state index in [9.17, 15) is 14.4 Å². The molecule has 0 saturated carbocycles. The van der Waals surface area contributed by atoms with Crippen molar-refractivity contribution >= 4 is 23.6 Å². The quantitative estimate of drug-likeness (QED) is 0.580. The SMILES string of the molecule is CC1CCCN(C(C)C(=O)C2C(=O)N(C)C(=O)[N+](C)=C2N)C1. The van der Waals surface area contributed by atoms with Crippen LogP contribution in [0.4, 0.5) is 4.79 Å². The topological polar surface area (TPSA) is 86.7 Å². The van der Waals surface area contributed by atoms with Crippen LogP contribution in [0.3, 0.4) is 0 Å². The molecule has 3 amide bonds. The molecule has 0 aromatic rings. The minimum atomic E-state index is -1.07. The van der Waals surface area contributed by atoms with Gasteiger partial charge >= 0.3 is 11.9 Å². The summed E-state index contributed by atoms with van der Waals surface area (Å²) in [7, 11) is 2.86. The first-order valence-corrected chi connectivity index (χ1v) is 7.71. The zero-order valence-electron chi connectivity index (χ0n) is 13.7. The number of hydrogen-bond acceptors (Lipinski definition) is 5. The molecule has 2 heterocycles. The number of amides is 3. The van der Waals surface area contributed by atoms with E-state index in [0.717, 1.165) is 30.8 Å². The standard InChI is InChI=1S/C15H24N4O3/c1-9-6-5-7-19(8-9)10(2)12(20)11-13(16)17(3)15(22)18(4)14(11)21/h9-11,16H,5-8H2,1-4H3/p+1. The van der Waals surface area contributed by atoms with E-state index in [2.05, 4.69) is 11.8 Å². The average Bonchev–Trinajstić information content (AvgIpc) is 2.50. The molecule has 0 bridgehead atoms. The maximum absolute atomic E-state index is 12.8. The normalized spacial score (nSPS) is 29.0. The fourth-order valence-electron chi connectivity index (χ4n) is 3.21. The Morgan fingerprint density at radius 1 is 1.41 bits per heavy atom.